The molecule has 0 spiro atoms. The van der Waals surface area contributed by atoms with E-state index in [1.807, 2.05) is 0 Å². The van der Waals surface area contributed by atoms with Gasteiger partial charge in [-0.15, -0.1) is 0 Å². The van der Waals surface area contributed by atoms with Crippen molar-refractivity contribution in [3.05, 3.63) is 52.2 Å². The van der Waals surface area contributed by atoms with Crippen LogP contribution in [0.5, 0.6) is 5.75 Å². The number of aromatic nitrogens is 2. The van der Waals surface area contributed by atoms with E-state index in [-0.39, 0.29) is 18.8 Å². The number of carboxylic acids is 1. The first-order chi connectivity index (χ1) is 12.2. The average molecular weight is 362 g/mol. The van der Waals surface area contributed by atoms with Crippen LogP contribution in [-0.2, 0) is 21.7 Å². The molecule has 0 radical (unpaired) electrons. The van der Waals surface area contributed by atoms with Gasteiger partial charge in [-0.1, -0.05) is 12.1 Å². The topological polar surface area (TPSA) is 137 Å². The second-order valence-corrected chi connectivity index (χ2v) is 5.81. The summed E-state index contributed by atoms with van der Waals surface area (Å²) in [4.78, 5) is 33.6. The molecule has 2 rings (SSSR count). The lowest BCUT2D eigenvalue weighted by molar-refractivity contribution is -0.389. The molecule has 0 aliphatic carbocycles. The van der Waals surface area contributed by atoms with Gasteiger partial charge in [-0.2, -0.15) is 4.68 Å². The molecule has 1 amide bonds. The Balaban J connectivity index is 2.21. The number of hydrogen-bond donors (Lipinski definition) is 2. The number of carbonyl (C=O) groups excluding carboxylic acids is 1. The first-order valence-electron chi connectivity index (χ1n) is 7.59. The molecule has 26 heavy (non-hydrogen) atoms. The zero-order valence-corrected chi connectivity index (χ0v) is 14.2. The van der Waals surface area contributed by atoms with Crippen LogP contribution in [0.1, 0.15) is 18.9 Å². The maximum atomic E-state index is 12.4. The lowest BCUT2D eigenvalue weighted by Crippen LogP contribution is -2.46. The van der Waals surface area contributed by atoms with Gasteiger partial charge in [-0.25, -0.2) is 0 Å². The maximum absolute atomic E-state index is 12.4. The Bertz CT molecular complexity index is 834. The number of hydrogen-bond acceptors (Lipinski definition) is 6. The summed E-state index contributed by atoms with van der Waals surface area (Å²) in [6.07, 6.45) is 0.947. The molecule has 0 aliphatic rings. The van der Waals surface area contributed by atoms with Gasteiger partial charge in [-0.3, -0.25) is 9.59 Å². The van der Waals surface area contributed by atoms with E-state index in [0.29, 0.717) is 11.3 Å². The molecular formula is C16H18N4O6. The van der Waals surface area contributed by atoms with Crippen molar-refractivity contribution < 1.29 is 24.4 Å². The fraction of sp³-hybridized carbons (Fsp3) is 0.312. The highest BCUT2D eigenvalue weighted by Gasteiger charge is 2.32. The van der Waals surface area contributed by atoms with Gasteiger partial charge in [0.05, 0.1) is 36.4 Å². The average Bonchev–Trinajstić information content (AvgIpc) is 3.02. The van der Waals surface area contributed by atoms with Gasteiger partial charge in [0.25, 0.3) is 0 Å². The van der Waals surface area contributed by atoms with E-state index in [2.05, 4.69) is 10.4 Å². The van der Waals surface area contributed by atoms with E-state index in [9.17, 15) is 24.8 Å². The number of methoxy groups -OCH3 is 1. The van der Waals surface area contributed by atoms with Crippen LogP contribution in [0.2, 0.25) is 0 Å². The van der Waals surface area contributed by atoms with Crippen LogP contribution in [0.15, 0.2) is 36.5 Å². The lowest BCUT2D eigenvalue weighted by atomic mass is 9.88. The van der Waals surface area contributed by atoms with E-state index >= 15 is 0 Å². The summed E-state index contributed by atoms with van der Waals surface area (Å²) in [5, 5.41) is 26.2. The van der Waals surface area contributed by atoms with E-state index in [0.717, 1.165) is 4.68 Å². The van der Waals surface area contributed by atoms with Crippen molar-refractivity contribution in [3.63, 3.8) is 0 Å². The number of nitro groups is 1. The minimum atomic E-state index is -1.20. The molecule has 0 bridgehead atoms. The first kappa shape index (κ1) is 18.9. The Morgan fingerprint density at radius 1 is 1.42 bits per heavy atom. The highest BCUT2D eigenvalue weighted by atomic mass is 16.6. The number of ether oxygens (including phenoxy) is 1. The number of rotatable bonds is 8. The van der Waals surface area contributed by atoms with E-state index < -0.39 is 22.3 Å². The number of nitrogens with one attached hydrogen (secondary N) is 1. The van der Waals surface area contributed by atoms with Crippen LogP contribution >= 0.6 is 0 Å². The van der Waals surface area contributed by atoms with Crippen molar-refractivity contribution in [2.45, 2.75) is 25.4 Å². The van der Waals surface area contributed by atoms with Crippen LogP contribution in [0.3, 0.4) is 0 Å². The molecule has 10 heteroatoms. The van der Waals surface area contributed by atoms with Crippen molar-refractivity contribution >= 4 is 17.7 Å². The standard InChI is InChI=1S/C16H18N4O6/c1-16(9-15(22)23,11-4-3-5-12(8-11)26-2)17-14(21)10-19-7-6-13(18-19)20(24)25/h3-8H,9-10H2,1-2H3,(H,17,21)(H,22,23). The van der Waals surface area contributed by atoms with E-state index in [1.54, 1.807) is 31.2 Å². The molecule has 1 unspecified atom stereocenters. The predicted octanol–water partition coefficient (Wildman–Crippen LogP) is 1.31. The Morgan fingerprint density at radius 3 is 2.73 bits per heavy atom. The summed E-state index contributed by atoms with van der Waals surface area (Å²) in [7, 11) is 1.48. The van der Waals surface area contributed by atoms with Gasteiger partial charge in [0.1, 0.15) is 12.3 Å². The zero-order valence-electron chi connectivity index (χ0n) is 14.2. The normalized spacial score (nSPS) is 12.8. The summed E-state index contributed by atoms with van der Waals surface area (Å²) in [6.45, 7) is 1.30. The molecule has 1 aromatic heterocycles. The largest absolute Gasteiger partial charge is 0.497 e. The van der Waals surface area contributed by atoms with Crippen molar-refractivity contribution in [1.82, 2.24) is 15.1 Å². The van der Waals surface area contributed by atoms with Crippen molar-refractivity contribution in [2.75, 3.05) is 7.11 Å². The lowest BCUT2D eigenvalue weighted by Gasteiger charge is -2.30. The third-order valence-corrected chi connectivity index (χ3v) is 3.75. The van der Waals surface area contributed by atoms with E-state index in [4.69, 9.17) is 4.74 Å². The van der Waals surface area contributed by atoms with Crippen LogP contribution in [-0.4, -0.2) is 38.8 Å². The van der Waals surface area contributed by atoms with E-state index in [1.165, 1.54) is 19.4 Å². The number of benzene rings is 1. The van der Waals surface area contributed by atoms with Gasteiger partial charge in [0.2, 0.25) is 5.91 Å². The highest BCUT2D eigenvalue weighted by molar-refractivity contribution is 5.78. The third kappa shape index (κ3) is 4.56. The molecule has 138 valence electrons. The van der Waals surface area contributed by atoms with Crippen LogP contribution in [0, 0.1) is 10.1 Å². The smallest absolute Gasteiger partial charge is 0.389 e. The molecule has 1 heterocycles. The van der Waals surface area contributed by atoms with Gasteiger partial charge < -0.3 is 25.3 Å². The van der Waals surface area contributed by atoms with Crippen molar-refractivity contribution in [3.8, 4) is 5.75 Å². The number of nitrogens with zero attached hydrogens (tertiary/aromatic N) is 3. The Morgan fingerprint density at radius 2 is 2.15 bits per heavy atom. The molecular weight excluding hydrogens is 344 g/mol. The molecule has 1 aromatic carbocycles. The Labute approximate surface area is 148 Å². The summed E-state index contributed by atoms with van der Waals surface area (Å²) in [6, 6.07) is 7.89. The molecule has 0 aliphatic heterocycles. The molecule has 2 N–H and O–H groups in total. The monoisotopic (exact) mass is 362 g/mol. The fourth-order valence-corrected chi connectivity index (χ4v) is 2.52. The molecule has 0 saturated carbocycles. The second-order valence-electron chi connectivity index (χ2n) is 5.81. The number of carboxylic acid groups (broad SMARTS) is 1. The number of amides is 1. The predicted molar refractivity (Wildman–Crippen MR) is 89.6 cm³/mol. The maximum Gasteiger partial charge on any atom is 0.389 e. The minimum Gasteiger partial charge on any atom is -0.497 e. The number of aliphatic carboxylic acids is 1. The van der Waals surface area contributed by atoms with Crippen LogP contribution in [0.4, 0.5) is 5.82 Å². The molecule has 10 nitrogen and oxygen atoms in total. The SMILES string of the molecule is COc1cccc(C(C)(CC(=O)O)NC(=O)Cn2ccc([N+](=O)[O-])n2)c1. The summed E-state index contributed by atoms with van der Waals surface area (Å²) < 4.78 is 6.25. The van der Waals surface area contributed by atoms with Crippen LogP contribution < -0.4 is 10.1 Å². The molecule has 0 saturated heterocycles. The van der Waals surface area contributed by atoms with Crippen molar-refractivity contribution in [1.29, 1.82) is 0 Å². The van der Waals surface area contributed by atoms with Crippen LogP contribution in [0.25, 0.3) is 0 Å². The van der Waals surface area contributed by atoms with Gasteiger partial charge >= 0.3 is 11.8 Å². The molecule has 0 fully saturated rings. The first-order valence-corrected chi connectivity index (χ1v) is 7.59. The molecule has 1 atom stereocenters. The van der Waals surface area contributed by atoms with Gasteiger partial charge in [0, 0.05) is 0 Å². The Hall–Kier alpha value is -3.43. The van der Waals surface area contributed by atoms with Gasteiger partial charge in [0.15, 0.2) is 0 Å². The second kappa shape index (κ2) is 7.64. The van der Waals surface area contributed by atoms with Crippen molar-refractivity contribution in [2.24, 2.45) is 0 Å². The third-order valence-electron chi connectivity index (χ3n) is 3.75. The summed E-state index contributed by atoms with van der Waals surface area (Å²) in [5.41, 5.74) is -0.643. The zero-order chi connectivity index (χ0) is 19.3. The fourth-order valence-electron chi connectivity index (χ4n) is 2.52. The van der Waals surface area contributed by atoms with Gasteiger partial charge in [-0.05, 0) is 29.5 Å². The number of carbonyl (C=O) groups is 2. The Kier molecular flexibility index (Phi) is 5.55. The highest BCUT2D eigenvalue weighted by Crippen LogP contribution is 2.28. The quantitative estimate of drug-likeness (QED) is 0.533. The minimum absolute atomic E-state index is 0.285. The summed E-state index contributed by atoms with van der Waals surface area (Å²) in [5.74, 6) is -1.48. The summed E-state index contributed by atoms with van der Waals surface area (Å²) >= 11 is 0. The molecule has 2 aromatic rings.